The number of aromatic nitrogens is 2. The van der Waals surface area contributed by atoms with Crippen LogP contribution < -0.4 is 4.31 Å². The van der Waals surface area contributed by atoms with Crippen molar-refractivity contribution in [3.8, 4) is 22.6 Å². The Morgan fingerprint density at radius 3 is 1.78 bits per heavy atom. The molecule has 0 aliphatic rings. The van der Waals surface area contributed by atoms with E-state index in [4.69, 9.17) is 4.98 Å². The molecule has 0 N–H and O–H groups in total. The lowest BCUT2D eigenvalue weighted by Crippen LogP contribution is -2.27. The third-order valence-electron chi connectivity index (χ3n) is 6.00. The van der Waals surface area contributed by atoms with E-state index in [9.17, 15) is 13.2 Å². The number of hydrogen-bond acceptors (Lipinski definition) is 4. The van der Waals surface area contributed by atoms with Crippen LogP contribution in [0.15, 0.2) is 120 Å². The quantitative estimate of drug-likeness (QED) is 0.256. The number of nitrogens with zero attached hydrogens (tertiary/aromatic N) is 3. The van der Waals surface area contributed by atoms with Crippen LogP contribution in [0.4, 0.5) is 11.5 Å². The highest BCUT2D eigenvalue weighted by Crippen LogP contribution is 2.41. The maximum atomic E-state index is 14.2. The first-order chi connectivity index (χ1) is 17.9. The van der Waals surface area contributed by atoms with Crippen LogP contribution in [0.5, 0.6) is 0 Å². The molecule has 1 heterocycles. The largest absolute Gasteiger partial charge is 0.274 e. The van der Waals surface area contributed by atoms with Crippen LogP contribution in [-0.4, -0.2) is 23.9 Å². The molecule has 4 aromatic carbocycles. The molecule has 0 fully saturated rings. The summed E-state index contributed by atoms with van der Waals surface area (Å²) in [6, 6.07) is 34.0. The van der Waals surface area contributed by atoms with Crippen molar-refractivity contribution < 1.29 is 13.2 Å². The number of imidazole rings is 1. The molecule has 184 valence electrons. The fourth-order valence-corrected chi connectivity index (χ4v) is 5.69. The maximum Gasteiger partial charge on any atom is 0.269 e. The van der Waals surface area contributed by atoms with Gasteiger partial charge in [0, 0.05) is 18.1 Å². The number of carbonyl (C=O) groups excluding carboxylic acids is 1. The molecule has 0 atom stereocenters. The second-order valence-corrected chi connectivity index (χ2v) is 10.4. The summed E-state index contributed by atoms with van der Waals surface area (Å²) in [4.78, 5) is 18.1. The predicted octanol–water partition coefficient (Wildman–Crippen LogP) is 6.71. The molecule has 0 unspecified atom stereocenters. The van der Waals surface area contributed by atoms with Crippen LogP contribution >= 0.6 is 0 Å². The molecule has 6 nitrogen and oxygen atoms in total. The van der Waals surface area contributed by atoms with E-state index in [1.165, 1.54) is 15.8 Å². The third kappa shape index (κ3) is 4.57. The molecule has 0 saturated heterocycles. The summed E-state index contributed by atoms with van der Waals surface area (Å²) >= 11 is 0. The smallest absolute Gasteiger partial charge is 0.269 e. The molecular weight excluding hydrogens is 482 g/mol. The van der Waals surface area contributed by atoms with Gasteiger partial charge in [-0.15, -0.1) is 0 Å². The van der Waals surface area contributed by atoms with E-state index in [0.717, 1.165) is 5.56 Å². The third-order valence-corrected chi connectivity index (χ3v) is 7.73. The molecule has 0 saturated carbocycles. The van der Waals surface area contributed by atoms with Gasteiger partial charge in [0.05, 0.1) is 10.6 Å². The molecule has 0 bridgehead atoms. The minimum absolute atomic E-state index is 0.125. The second-order valence-electron chi connectivity index (χ2n) is 8.61. The number of aryl methyl sites for hydroxylation is 1. The molecule has 0 amide bonds. The van der Waals surface area contributed by atoms with Gasteiger partial charge in [0.1, 0.15) is 11.5 Å². The van der Waals surface area contributed by atoms with E-state index in [-0.39, 0.29) is 16.6 Å². The summed E-state index contributed by atoms with van der Waals surface area (Å²) in [6.45, 7) is 3.35. The van der Waals surface area contributed by atoms with Crippen molar-refractivity contribution in [1.82, 2.24) is 9.55 Å². The van der Waals surface area contributed by atoms with Gasteiger partial charge >= 0.3 is 0 Å². The number of anilines is 2. The Hall–Kier alpha value is -4.49. The van der Waals surface area contributed by atoms with E-state index in [0.29, 0.717) is 28.3 Å². The Morgan fingerprint density at radius 1 is 0.730 bits per heavy atom. The standard InChI is InChI=1S/C30H25N3O3S/c1-22-18-20-27(21-19-22)37(35,36)33(26-16-10-5-11-17-26)30-28(24-12-6-3-7-13-24)32(23(2)34)29(31-30)25-14-8-4-9-15-25/h3-21H,1-2H3. The Bertz CT molecular complexity index is 1650. The summed E-state index contributed by atoms with van der Waals surface area (Å²) in [5.41, 5.74) is 3.12. The van der Waals surface area contributed by atoms with Gasteiger partial charge in [0.2, 0.25) is 5.91 Å². The van der Waals surface area contributed by atoms with Gasteiger partial charge in [-0.25, -0.2) is 17.7 Å². The van der Waals surface area contributed by atoms with Gasteiger partial charge in [0.25, 0.3) is 10.0 Å². The molecule has 5 rings (SSSR count). The van der Waals surface area contributed by atoms with Gasteiger partial charge in [0.15, 0.2) is 5.82 Å². The van der Waals surface area contributed by atoms with E-state index in [2.05, 4.69) is 0 Å². The Kier molecular flexibility index (Phi) is 6.46. The van der Waals surface area contributed by atoms with Crippen LogP contribution in [-0.2, 0) is 10.0 Å². The van der Waals surface area contributed by atoms with Crippen molar-refractivity contribution >= 4 is 27.4 Å². The summed E-state index contributed by atoms with van der Waals surface area (Å²) in [5, 5.41) is 0. The molecule has 0 aliphatic carbocycles. The summed E-state index contributed by atoms with van der Waals surface area (Å²) < 4.78 is 31.2. The van der Waals surface area contributed by atoms with Crippen molar-refractivity contribution in [2.24, 2.45) is 0 Å². The monoisotopic (exact) mass is 507 g/mol. The molecule has 1 aromatic heterocycles. The minimum atomic E-state index is -4.12. The SMILES string of the molecule is CC(=O)n1c(-c2ccccc2)nc(N(c2ccccc2)S(=O)(=O)c2ccc(C)cc2)c1-c1ccccc1. The van der Waals surface area contributed by atoms with E-state index in [1.807, 2.05) is 73.7 Å². The number of hydrogen-bond donors (Lipinski definition) is 0. The molecule has 7 heteroatoms. The Morgan fingerprint density at radius 2 is 1.24 bits per heavy atom. The number of sulfonamides is 1. The van der Waals surface area contributed by atoms with Crippen molar-refractivity contribution in [3.63, 3.8) is 0 Å². The Labute approximate surface area is 216 Å². The summed E-state index contributed by atoms with van der Waals surface area (Å²) in [5.74, 6) is 0.228. The summed E-state index contributed by atoms with van der Waals surface area (Å²) in [7, 11) is -4.12. The molecular formula is C30H25N3O3S. The lowest BCUT2D eigenvalue weighted by molar-refractivity contribution is 0.0940. The first-order valence-corrected chi connectivity index (χ1v) is 13.2. The predicted molar refractivity (Wildman–Crippen MR) is 146 cm³/mol. The zero-order chi connectivity index (χ0) is 26.0. The van der Waals surface area contributed by atoms with Gasteiger partial charge in [-0.1, -0.05) is 96.6 Å². The van der Waals surface area contributed by atoms with Crippen LogP contribution in [0.3, 0.4) is 0 Å². The lowest BCUT2D eigenvalue weighted by Gasteiger charge is -2.24. The van der Waals surface area contributed by atoms with Crippen LogP contribution in [0.2, 0.25) is 0 Å². The first kappa shape index (κ1) is 24.2. The highest BCUT2D eigenvalue weighted by atomic mass is 32.2. The average Bonchev–Trinajstić information content (AvgIpc) is 3.31. The fourth-order valence-electron chi connectivity index (χ4n) is 4.25. The zero-order valence-corrected chi connectivity index (χ0v) is 21.3. The average molecular weight is 508 g/mol. The number of rotatable bonds is 6. The highest BCUT2D eigenvalue weighted by Gasteiger charge is 2.34. The lowest BCUT2D eigenvalue weighted by atomic mass is 10.1. The van der Waals surface area contributed by atoms with Crippen LogP contribution in [0.1, 0.15) is 17.3 Å². The molecule has 5 aromatic rings. The second kappa shape index (κ2) is 9.87. The summed E-state index contributed by atoms with van der Waals surface area (Å²) in [6.07, 6.45) is 0. The first-order valence-electron chi connectivity index (χ1n) is 11.8. The van der Waals surface area contributed by atoms with Gasteiger partial charge in [-0.2, -0.15) is 0 Å². The van der Waals surface area contributed by atoms with E-state index in [1.54, 1.807) is 48.5 Å². The number of benzene rings is 4. The molecule has 0 aliphatic heterocycles. The van der Waals surface area contributed by atoms with Crippen molar-refractivity contribution in [1.29, 1.82) is 0 Å². The van der Waals surface area contributed by atoms with E-state index >= 15 is 0 Å². The zero-order valence-electron chi connectivity index (χ0n) is 20.4. The van der Waals surface area contributed by atoms with Crippen LogP contribution in [0.25, 0.3) is 22.6 Å². The highest BCUT2D eigenvalue weighted by molar-refractivity contribution is 7.93. The molecule has 37 heavy (non-hydrogen) atoms. The minimum Gasteiger partial charge on any atom is -0.274 e. The molecule has 0 radical (unpaired) electrons. The molecule has 0 spiro atoms. The fraction of sp³-hybridized carbons (Fsp3) is 0.0667. The number of para-hydroxylation sites is 1. The topological polar surface area (TPSA) is 72.3 Å². The van der Waals surface area contributed by atoms with Crippen molar-refractivity contribution in [2.75, 3.05) is 4.31 Å². The van der Waals surface area contributed by atoms with Crippen LogP contribution in [0, 0.1) is 6.92 Å². The van der Waals surface area contributed by atoms with Gasteiger partial charge < -0.3 is 0 Å². The van der Waals surface area contributed by atoms with Gasteiger partial charge in [-0.3, -0.25) is 9.36 Å². The number of carbonyl (C=O) groups is 1. The Balaban J connectivity index is 1.88. The normalized spacial score (nSPS) is 11.3. The van der Waals surface area contributed by atoms with Crippen molar-refractivity contribution in [2.45, 2.75) is 18.7 Å². The maximum absolute atomic E-state index is 14.2. The van der Waals surface area contributed by atoms with Crippen molar-refractivity contribution in [3.05, 3.63) is 121 Å². The van der Waals surface area contributed by atoms with Gasteiger partial charge in [-0.05, 0) is 31.2 Å². The van der Waals surface area contributed by atoms with E-state index < -0.39 is 10.0 Å².